The van der Waals surface area contributed by atoms with Crippen molar-refractivity contribution in [1.29, 1.82) is 0 Å². The minimum atomic E-state index is 0.259. The number of aryl methyl sites for hydroxylation is 1. The van der Waals surface area contributed by atoms with E-state index in [2.05, 4.69) is 64.7 Å². The Labute approximate surface area is 144 Å². The van der Waals surface area contributed by atoms with Crippen molar-refractivity contribution in [1.82, 2.24) is 4.98 Å². The van der Waals surface area contributed by atoms with Gasteiger partial charge in [-0.1, -0.05) is 39.8 Å². The molecule has 3 rings (SSSR count). The van der Waals surface area contributed by atoms with Crippen LogP contribution < -0.4 is 0 Å². The fourth-order valence-electron chi connectivity index (χ4n) is 3.72. The molecule has 0 radical (unpaired) electrons. The van der Waals surface area contributed by atoms with Gasteiger partial charge in [-0.15, -0.1) is 11.3 Å². The highest BCUT2D eigenvalue weighted by Crippen LogP contribution is 2.47. The topological polar surface area (TPSA) is 12.9 Å². The molecule has 0 saturated heterocycles. The maximum absolute atomic E-state index is 4.39. The fourth-order valence-corrected chi connectivity index (χ4v) is 4.34. The molecule has 2 aromatic rings. The van der Waals surface area contributed by atoms with Crippen LogP contribution in [0.4, 0.5) is 0 Å². The van der Waals surface area contributed by atoms with E-state index in [1.54, 1.807) is 11.3 Å². The summed E-state index contributed by atoms with van der Waals surface area (Å²) in [6.07, 6.45) is 6.60. The van der Waals surface area contributed by atoms with Crippen LogP contribution in [0.15, 0.2) is 23.7 Å². The lowest BCUT2D eigenvalue weighted by atomic mass is 9.62. The lowest BCUT2D eigenvalue weighted by Gasteiger charge is -2.42. The van der Waals surface area contributed by atoms with E-state index in [-0.39, 0.29) is 10.8 Å². The second-order valence-corrected chi connectivity index (χ2v) is 9.10. The van der Waals surface area contributed by atoms with Crippen molar-refractivity contribution in [2.45, 2.75) is 65.2 Å². The molecule has 2 heteroatoms. The van der Waals surface area contributed by atoms with Crippen molar-refractivity contribution in [3.8, 4) is 0 Å². The summed E-state index contributed by atoms with van der Waals surface area (Å²) in [7, 11) is 0. The largest absolute Gasteiger partial charge is 0.245 e. The second kappa shape index (κ2) is 5.59. The Morgan fingerprint density at radius 2 is 1.70 bits per heavy atom. The second-order valence-electron chi connectivity index (χ2n) is 8.18. The molecular formula is C21H27NS. The number of aromatic nitrogens is 1. The van der Waals surface area contributed by atoms with Crippen molar-refractivity contribution in [2.24, 2.45) is 0 Å². The zero-order valence-corrected chi connectivity index (χ0v) is 16.0. The van der Waals surface area contributed by atoms with Crippen LogP contribution in [-0.2, 0) is 10.8 Å². The maximum Gasteiger partial charge on any atom is 0.116 e. The monoisotopic (exact) mass is 325 g/mol. The summed E-state index contributed by atoms with van der Waals surface area (Å²) in [4.78, 5) is 4.39. The number of hydrogen-bond acceptors (Lipinski definition) is 2. The first kappa shape index (κ1) is 16.4. The van der Waals surface area contributed by atoms with Crippen molar-refractivity contribution in [3.63, 3.8) is 0 Å². The van der Waals surface area contributed by atoms with Crippen LogP contribution in [0.5, 0.6) is 0 Å². The molecule has 0 bridgehead atoms. The number of rotatable bonds is 2. The van der Waals surface area contributed by atoms with E-state index in [9.17, 15) is 0 Å². The van der Waals surface area contributed by atoms with E-state index in [1.165, 1.54) is 40.7 Å². The third-order valence-electron chi connectivity index (χ3n) is 5.41. The van der Waals surface area contributed by atoms with Gasteiger partial charge in [0.1, 0.15) is 5.01 Å². The van der Waals surface area contributed by atoms with Gasteiger partial charge in [-0.3, -0.25) is 0 Å². The number of hydrogen-bond donors (Lipinski definition) is 0. The SMILES string of the molecule is C/C(=C\c1nccs1)c1cc2c(cc1C)C(C)(C)CCC2(C)C. The number of thiazole rings is 1. The number of benzene rings is 1. The highest BCUT2D eigenvalue weighted by molar-refractivity contribution is 7.10. The van der Waals surface area contributed by atoms with Crippen LogP contribution >= 0.6 is 11.3 Å². The Morgan fingerprint density at radius 1 is 1.09 bits per heavy atom. The van der Waals surface area contributed by atoms with Gasteiger partial charge in [-0.2, -0.15) is 0 Å². The lowest BCUT2D eigenvalue weighted by Crippen LogP contribution is -2.34. The van der Waals surface area contributed by atoms with Crippen molar-refractivity contribution in [2.75, 3.05) is 0 Å². The van der Waals surface area contributed by atoms with Gasteiger partial charge in [0.15, 0.2) is 0 Å². The first-order chi connectivity index (χ1) is 10.7. The molecule has 0 N–H and O–H groups in total. The van der Waals surface area contributed by atoms with Crippen molar-refractivity contribution < 1.29 is 0 Å². The highest BCUT2D eigenvalue weighted by Gasteiger charge is 2.37. The molecular weight excluding hydrogens is 298 g/mol. The van der Waals surface area contributed by atoms with Crippen molar-refractivity contribution >= 4 is 23.0 Å². The minimum Gasteiger partial charge on any atom is -0.245 e. The third kappa shape index (κ3) is 3.01. The van der Waals surface area contributed by atoms with E-state index in [4.69, 9.17) is 0 Å². The molecule has 0 atom stereocenters. The number of nitrogens with zero attached hydrogens (tertiary/aromatic N) is 1. The molecule has 122 valence electrons. The molecule has 0 aliphatic heterocycles. The first-order valence-corrected chi connectivity index (χ1v) is 9.32. The van der Waals surface area contributed by atoms with Crippen LogP contribution in [0.2, 0.25) is 0 Å². The van der Waals surface area contributed by atoms with Crippen LogP contribution in [0.1, 0.15) is 74.7 Å². The van der Waals surface area contributed by atoms with E-state index in [0.29, 0.717) is 0 Å². The van der Waals surface area contributed by atoms with Crippen molar-refractivity contribution in [3.05, 3.63) is 51.0 Å². The normalized spacial score (nSPS) is 19.5. The van der Waals surface area contributed by atoms with Gasteiger partial charge >= 0.3 is 0 Å². The van der Waals surface area contributed by atoms with E-state index < -0.39 is 0 Å². The molecule has 23 heavy (non-hydrogen) atoms. The van der Waals surface area contributed by atoms with Crippen LogP contribution in [-0.4, -0.2) is 4.98 Å². The Morgan fingerprint density at radius 3 is 2.26 bits per heavy atom. The van der Waals surface area contributed by atoms with E-state index >= 15 is 0 Å². The number of allylic oxidation sites excluding steroid dienone is 1. The average Bonchev–Trinajstić information content (AvgIpc) is 2.96. The summed E-state index contributed by atoms with van der Waals surface area (Å²) in [6, 6.07) is 4.88. The van der Waals surface area contributed by atoms with Gasteiger partial charge in [0.25, 0.3) is 0 Å². The quantitative estimate of drug-likeness (QED) is 0.626. The Bertz CT molecular complexity index is 748. The van der Waals surface area contributed by atoms with Gasteiger partial charge < -0.3 is 0 Å². The third-order valence-corrected chi connectivity index (χ3v) is 6.14. The molecule has 0 unspecified atom stereocenters. The first-order valence-electron chi connectivity index (χ1n) is 8.44. The Balaban J connectivity index is 2.14. The summed E-state index contributed by atoms with van der Waals surface area (Å²) in [6.45, 7) is 14.0. The molecule has 1 aromatic carbocycles. The summed E-state index contributed by atoms with van der Waals surface area (Å²) >= 11 is 1.69. The maximum atomic E-state index is 4.39. The summed E-state index contributed by atoms with van der Waals surface area (Å²) in [5.41, 5.74) is 7.65. The molecule has 1 nitrogen and oxygen atoms in total. The molecule has 1 aliphatic carbocycles. The Kier molecular flexibility index (Phi) is 4.00. The minimum absolute atomic E-state index is 0.259. The van der Waals surface area contributed by atoms with Crippen LogP contribution in [0.25, 0.3) is 11.6 Å². The molecule has 0 fully saturated rings. The van der Waals surface area contributed by atoms with E-state index in [1.807, 2.05) is 11.6 Å². The van der Waals surface area contributed by atoms with Gasteiger partial charge in [-0.25, -0.2) is 4.98 Å². The van der Waals surface area contributed by atoms with Gasteiger partial charge in [-0.05, 0) is 71.4 Å². The molecule has 0 amide bonds. The standard InChI is InChI=1S/C21H27NS/c1-14-11-17-18(21(5,6)8-7-20(17,3)4)13-16(14)15(2)12-19-22-9-10-23-19/h9-13H,7-8H2,1-6H3/b15-12+. The predicted octanol–water partition coefficient (Wildman–Crippen LogP) is 6.36. The van der Waals surface area contributed by atoms with Gasteiger partial charge in [0.05, 0.1) is 0 Å². The number of fused-ring (bicyclic) bond motifs is 1. The van der Waals surface area contributed by atoms with Gasteiger partial charge in [0, 0.05) is 11.6 Å². The molecule has 1 aromatic heterocycles. The van der Waals surface area contributed by atoms with Gasteiger partial charge in [0.2, 0.25) is 0 Å². The van der Waals surface area contributed by atoms with E-state index in [0.717, 1.165) is 5.01 Å². The molecule has 0 saturated carbocycles. The highest BCUT2D eigenvalue weighted by atomic mass is 32.1. The van der Waals surface area contributed by atoms with Crippen LogP contribution in [0, 0.1) is 6.92 Å². The average molecular weight is 326 g/mol. The molecule has 1 heterocycles. The molecule has 0 spiro atoms. The zero-order chi connectivity index (χ0) is 16.8. The predicted molar refractivity (Wildman–Crippen MR) is 102 cm³/mol. The smallest absolute Gasteiger partial charge is 0.116 e. The fraction of sp³-hybridized carbons (Fsp3) is 0.476. The summed E-state index contributed by atoms with van der Waals surface area (Å²) in [5.74, 6) is 0. The molecule has 1 aliphatic rings. The lowest BCUT2D eigenvalue weighted by molar-refractivity contribution is 0.331. The Hall–Kier alpha value is -1.41. The summed E-state index contributed by atoms with van der Waals surface area (Å²) < 4.78 is 0. The van der Waals surface area contributed by atoms with Crippen LogP contribution in [0.3, 0.4) is 0 Å². The summed E-state index contributed by atoms with van der Waals surface area (Å²) in [5, 5.41) is 3.11. The zero-order valence-electron chi connectivity index (χ0n) is 15.2.